The van der Waals surface area contributed by atoms with Crippen molar-refractivity contribution in [3.63, 3.8) is 0 Å². The molecule has 7 nitrogen and oxygen atoms in total. The van der Waals surface area contributed by atoms with Gasteiger partial charge in [-0.3, -0.25) is 4.79 Å². The molecule has 1 saturated carbocycles. The van der Waals surface area contributed by atoms with Crippen LogP contribution in [0.2, 0.25) is 0 Å². The van der Waals surface area contributed by atoms with E-state index in [9.17, 15) is 4.79 Å². The van der Waals surface area contributed by atoms with Crippen LogP contribution in [0.3, 0.4) is 0 Å². The van der Waals surface area contributed by atoms with Crippen molar-refractivity contribution in [2.24, 2.45) is 17.6 Å². The number of thiophene rings is 1. The molecule has 1 amide bonds. The number of fused-ring (bicyclic) bond motifs is 2. The van der Waals surface area contributed by atoms with Crippen LogP contribution in [0, 0.1) is 18.8 Å². The number of likely N-dealkylation sites (tertiary alicyclic amines) is 1. The lowest BCUT2D eigenvalue weighted by Gasteiger charge is -2.22. The van der Waals surface area contributed by atoms with Crippen LogP contribution in [0.25, 0.3) is 10.2 Å². The molecule has 0 radical (unpaired) electrons. The lowest BCUT2D eigenvalue weighted by atomic mass is 9.98. The molecule has 5 rings (SSSR count). The second-order valence-corrected chi connectivity index (χ2v) is 10.0. The van der Waals surface area contributed by atoms with Crippen molar-refractivity contribution < 1.29 is 9.53 Å². The van der Waals surface area contributed by atoms with Gasteiger partial charge in [0.05, 0.1) is 5.39 Å². The number of benzene rings is 1. The third-order valence-electron chi connectivity index (χ3n) is 6.78. The maximum atomic E-state index is 13.2. The van der Waals surface area contributed by atoms with Crippen molar-refractivity contribution in [2.75, 3.05) is 32.1 Å². The highest BCUT2D eigenvalue weighted by molar-refractivity contribution is 7.16. The molecule has 3 aromatic rings. The third-order valence-corrected chi connectivity index (χ3v) is 7.59. The molecule has 1 aromatic carbocycles. The summed E-state index contributed by atoms with van der Waals surface area (Å²) >= 11 is 1.58. The minimum absolute atomic E-state index is 0.0913. The molecule has 1 aliphatic carbocycles. The Hall–Kier alpha value is -2.71. The summed E-state index contributed by atoms with van der Waals surface area (Å²) in [4.78, 5) is 27.1. The minimum Gasteiger partial charge on any atom is -0.472 e. The van der Waals surface area contributed by atoms with Gasteiger partial charge in [-0.15, -0.1) is 11.3 Å². The summed E-state index contributed by atoms with van der Waals surface area (Å²) in [6.07, 6.45) is 2.22. The van der Waals surface area contributed by atoms with Crippen LogP contribution in [0.4, 0.5) is 5.69 Å². The van der Waals surface area contributed by atoms with Gasteiger partial charge in [-0.05, 0) is 55.2 Å². The molecule has 2 aliphatic rings. The Morgan fingerprint density at radius 1 is 1.25 bits per heavy atom. The van der Waals surface area contributed by atoms with E-state index in [-0.39, 0.29) is 11.9 Å². The zero-order valence-electron chi connectivity index (χ0n) is 18.7. The fourth-order valence-electron chi connectivity index (χ4n) is 5.08. The summed E-state index contributed by atoms with van der Waals surface area (Å²) in [5, 5.41) is 2.92. The average molecular weight is 452 g/mol. The van der Waals surface area contributed by atoms with Crippen molar-refractivity contribution in [3.8, 4) is 5.88 Å². The Bertz CT molecular complexity index is 1160. The third kappa shape index (κ3) is 3.82. The van der Waals surface area contributed by atoms with Gasteiger partial charge in [-0.2, -0.15) is 4.98 Å². The van der Waals surface area contributed by atoms with Crippen LogP contribution in [-0.2, 0) is 6.61 Å². The average Bonchev–Trinajstić information content (AvgIpc) is 3.49. The monoisotopic (exact) mass is 451 g/mol. The summed E-state index contributed by atoms with van der Waals surface area (Å²) in [6, 6.07) is 8.09. The Kier molecular flexibility index (Phi) is 5.51. The van der Waals surface area contributed by atoms with Gasteiger partial charge < -0.3 is 20.3 Å². The molecule has 32 heavy (non-hydrogen) atoms. The normalized spacial score (nSPS) is 22.4. The highest BCUT2D eigenvalue weighted by Crippen LogP contribution is 2.38. The van der Waals surface area contributed by atoms with E-state index in [0.717, 1.165) is 47.4 Å². The first-order valence-electron chi connectivity index (χ1n) is 11.1. The largest absolute Gasteiger partial charge is 0.472 e. The predicted molar refractivity (Wildman–Crippen MR) is 127 cm³/mol. The van der Waals surface area contributed by atoms with Crippen LogP contribution < -0.4 is 15.4 Å². The Morgan fingerprint density at radius 2 is 2.09 bits per heavy atom. The van der Waals surface area contributed by atoms with E-state index in [0.29, 0.717) is 35.7 Å². The van der Waals surface area contributed by atoms with Crippen molar-refractivity contribution in [3.05, 3.63) is 46.6 Å². The standard InChI is InChI=1S/C24H29N5O2S/c1-14-26-22(18-8-9-32-23(18)27-14)31-13-17-5-4-15(10-21(17)28(2)3)24(30)29-11-16-6-7-20(25)19(16)12-29/h4-5,8-10,16,19-20H,6-7,11-13,25H2,1-3H3. The van der Waals surface area contributed by atoms with Crippen molar-refractivity contribution >= 4 is 33.1 Å². The van der Waals surface area contributed by atoms with Gasteiger partial charge in [0.15, 0.2) is 0 Å². The number of carbonyl (C=O) groups is 1. The molecule has 168 valence electrons. The van der Waals surface area contributed by atoms with Gasteiger partial charge in [-0.1, -0.05) is 6.07 Å². The van der Waals surface area contributed by atoms with Gasteiger partial charge in [-0.25, -0.2) is 4.98 Å². The first-order chi connectivity index (χ1) is 15.4. The molecule has 8 heteroatoms. The predicted octanol–water partition coefficient (Wildman–Crippen LogP) is 3.45. The zero-order chi connectivity index (χ0) is 22.4. The smallest absolute Gasteiger partial charge is 0.253 e. The van der Waals surface area contributed by atoms with E-state index in [1.807, 2.05) is 60.5 Å². The summed E-state index contributed by atoms with van der Waals surface area (Å²) in [6.45, 7) is 3.84. The van der Waals surface area contributed by atoms with Crippen molar-refractivity contribution in [1.29, 1.82) is 0 Å². The second kappa shape index (κ2) is 8.33. The number of hydrogen-bond acceptors (Lipinski definition) is 7. The van der Waals surface area contributed by atoms with Gasteiger partial charge in [0.1, 0.15) is 17.3 Å². The number of anilines is 1. The quantitative estimate of drug-likeness (QED) is 0.640. The minimum atomic E-state index is 0.0913. The first kappa shape index (κ1) is 21.2. The fourth-order valence-corrected chi connectivity index (χ4v) is 5.88. The van der Waals surface area contributed by atoms with E-state index >= 15 is 0 Å². The fraction of sp³-hybridized carbons (Fsp3) is 0.458. The van der Waals surface area contributed by atoms with Crippen LogP contribution in [0.15, 0.2) is 29.6 Å². The summed E-state index contributed by atoms with van der Waals surface area (Å²) in [7, 11) is 3.97. The molecule has 3 unspecified atom stereocenters. The van der Waals surface area contributed by atoms with Gasteiger partial charge in [0, 0.05) is 50.0 Å². The summed E-state index contributed by atoms with van der Waals surface area (Å²) in [5.74, 6) is 2.39. The number of ether oxygens (including phenoxy) is 1. The molecule has 3 atom stereocenters. The van der Waals surface area contributed by atoms with Crippen LogP contribution in [0.1, 0.15) is 34.6 Å². The van der Waals surface area contributed by atoms with E-state index in [1.54, 1.807) is 11.3 Å². The van der Waals surface area contributed by atoms with Gasteiger partial charge in [0.2, 0.25) is 5.88 Å². The molecule has 1 aliphatic heterocycles. The highest BCUT2D eigenvalue weighted by Gasteiger charge is 2.42. The molecule has 2 N–H and O–H groups in total. The van der Waals surface area contributed by atoms with E-state index in [2.05, 4.69) is 9.97 Å². The number of nitrogens with two attached hydrogens (primary N) is 1. The van der Waals surface area contributed by atoms with E-state index < -0.39 is 0 Å². The molecule has 0 spiro atoms. The number of aromatic nitrogens is 2. The van der Waals surface area contributed by atoms with E-state index in [4.69, 9.17) is 10.5 Å². The molecule has 2 aromatic heterocycles. The SMILES string of the molecule is Cc1nc(OCc2ccc(C(=O)N3CC4CCC(N)C4C3)cc2N(C)C)c2ccsc2n1. The van der Waals surface area contributed by atoms with Gasteiger partial charge in [0.25, 0.3) is 5.91 Å². The van der Waals surface area contributed by atoms with Gasteiger partial charge >= 0.3 is 0 Å². The Labute approximate surface area is 192 Å². The summed E-state index contributed by atoms with van der Waals surface area (Å²) < 4.78 is 6.12. The topological polar surface area (TPSA) is 84.6 Å². The van der Waals surface area contributed by atoms with Crippen LogP contribution in [0.5, 0.6) is 5.88 Å². The Morgan fingerprint density at radius 3 is 2.88 bits per heavy atom. The number of hydrogen-bond donors (Lipinski definition) is 1. The second-order valence-electron chi connectivity index (χ2n) is 9.12. The lowest BCUT2D eigenvalue weighted by molar-refractivity contribution is 0.0779. The molecule has 3 heterocycles. The van der Waals surface area contributed by atoms with Crippen LogP contribution >= 0.6 is 11.3 Å². The summed E-state index contributed by atoms with van der Waals surface area (Å²) in [5.41, 5.74) is 8.95. The first-order valence-corrected chi connectivity index (χ1v) is 12.0. The van der Waals surface area contributed by atoms with Crippen molar-refractivity contribution in [2.45, 2.75) is 32.4 Å². The molecular formula is C24H29N5O2S. The Balaban J connectivity index is 1.35. The maximum absolute atomic E-state index is 13.2. The molecular weight excluding hydrogens is 422 g/mol. The number of aryl methyl sites for hydroxylation is 1. The molecule has 1 saturated heterocycles. The molecule has 0 bridgehead atoms. The zero-order valence-corrected chi connectivity index (χ0v) is 19.6. The maximum Gasteiger partial charge on any atom is 0.253 e. The highest BCUT2D eigenvalue weighted by atomic mass is 32.1. The van der Waals surface area contributed by atoms with Crippen LogP contribution in [-0.4, -0.2) is 54.0 Å². The number of rotatable bonds is 5. The van der Waals surface area contributed by atoms with Crippen molar-refractivity contribution in [1.82, 2.24) is 14.9 Å². The van der Waals surface area contributed by atoms with E-state index in [1.165, 1.54) is 0 Å². The number of amides is 1. The lowest BCUT2D eigenvalue weighted by Crippen LogP contribution is -2.33. The number of carbonyl (C=O) groups excluding carboxylic acids is 1. The molecule has 2 fully saturated rings. The number of nitrogens with zero attached hydrogens (tertiary/aromatic N) is 4.